The molecule has 0 N–H and O–H groups in total. The SMILES string of the molecule is CC(C)=CC1C2N=c3ccccc3=C2CCN1S(=O)(=O)c1ccc(C)cc1. The molecule has 0 aromatic heterocycles. The molecule has 2 aromatic carbocycles. The fourth-order valence-electron chi connectivity index (χ4n) is 3.99. The summed E-state index contributed by atoms with van der Waals surface area (Å²) in [5, 5.41) is 2.14. The van der Waals surface area contributed by atoms with Crippen LogP contribution in [0.3, 0.4) is 0 Å². The number of rotatable bonds is 3. The molecule has 140 valence electrons. The highest BCUT2D eigenvalue weighted by Crippen LogP contribution is 2.33. The largest absolute Gasteiger partial charge is 0.275 e. The van der Waals surface area contributed by atoms with Crippen LogP contribution in [0.2, 0.25) is 0 Å². The van der Waals surface area contributed by atoms with Gasteiger partial charge in [0.05, 0.1) is 22.3 Å². The van der Waals surface area contributed by atoms with Gasteiger partial charge in [0.25, 0.3) is 0 Å². The summed E-state index contributed by atoms with van der Waals surface area (Å²) in [6.07, 6.45) is 2.76. The van der Waals surface area contributed by atoms with Crippen molar-refractivity contribution in [1.82, 2.24) is 4.31 Å². The average molecular weight is 381 g/mol. The van der Waals surface area contributed by atoms with Crippen molar-refractivity contribution in [3.8, 4) is 0 Å². The number of piperidine rings is 1. The molecule has 5 heteroatoms. The second-order valence-electron chi connectivity index (χ2n) is 7.53. The Balaban J connectivity index is 1.82. The van der Waals surface area contributed by atoms with Crippen LogP contribution in [0.1, 0.15) is 25.8 Å². The minimum absolute atomic E-state index is 0.147. The lowest BCUT2D eigenvalue weighted by Gasteiger charge is -2.37. The molecule has 1 saturated heterocycles. The van der Waals surface area contributed by atoms with E-state index in [9.17, 15) is 8.42 Å². The van der Waals surface area contributed by atoms with Gasteiger partial charge in [-0.1, -0.05) is 47.5 Å². The van der Waals surface area contributed by atoms with Crippen molar-refractivity contribution < 1.29 is 8.42 Å². The van der Waals surface area contributed by atoms with Gasteiger partial charge < -0.3 is 0 Å². The average Bonchev–Trinajstić information content (AvgIpc) is 3.01. The summed E-state index contributed by atoms with van der Waals surface area (Å²) in [5.41, 5.74) is 3.39. The summed E-state index contributed by atoms with van der Waals surface area (Å²) in [6, 6.07) is 14.8. The van der Waals surface area contributed by atoms with Crippen LogP contribution in [-0.2, 0) is 10.0 Å². The van der Waals surface area contributed by atoms with E-state index in [0.717, 1.165) is 16.5 Å². The van der Waals surface area contributed by atoms with Crippen molar-refractivity contribution in [2.45, 2.75) is 44.2 Å². The van der Waals surface area contributed by atoms with Crippen LogP contribution in [-0.4, -0.2) is 31.4 Å². The zero-order chi connectivity index (χ0) is 19.2. The maximum atomic E-state index is 13.4. The standard InChI is InChI=1S/C22H24N2O2S/c1-15(2)14-21-22-19(18-6-4-5-7-20(18)23-22)12-13-24(21)27(25,26)17-10-8-16(3)9-11-17/h4-11,14,21-22H,12-13H2,1-3H3. The number of hydrogen-bond donors (Lipinski definition) is 0. The number of aryl methyl sites for hydroxylation is 1. The second-order valence-corrected chi connectivity index (χ2v) is 9.42. The van der Waals surface area contributed by atoms with Gasteiger partial charge in [-0.05, 0) is 51.0 Å². The summed E-state index contributed by atoms with van der Waals surface area (Å²) in [5.74, 6) is 0. The van der Waals surface area contributed by atoms with Crippen LogP contribution in [0.5, 0.6) is 0 Å². The van der Waals surface area contributed by atoms with Gasteiger partial charge in [-0.15, -0.1) is 0 Å². The lowest BCUT2D eigenvalue weighted by Crippen LogP contribution is -2.50. The first kappa shape index (κ1) is 18.1. The van der Waals surface area contributed by atoms with E-state index in [1.54, 1.807) is 16.4 Å². The topological polar surface area (TPSA) is 49.7 Å². The van der Waals surface area contributed by atoms with Crippen molar-refractivity contribution in [3.63, 3.8) is 0 Å². The Labute approximate surface area is 160 Å². The molecule has 27 heavy (non-hydrogen) atoms. The van der Waals surface area contributed by atoms with Gasteiger partial charge in [-0.25, -0.2) is 8.42 Å². The predicted octanol–water partition coefficient (Wildman–Crippen LogP) is 2.58. The Morgan fingerprint density at radius 2 is 1.81 bits per heavy atom. The van der Waals surface area contributed by atoms with Gasteiger partial charge in [-0.3, -0.25) is 4.99 Å². The molecule has 0 amide bonds. The van der Waals surface area contributed by atoms with Crippen LogP contribution in [0.25, 0.3) is 5.57 Å². The zero-order valence-corrected chi connectivity index (χ0v) is 16.7. The third-order valence-corrected chi connectivity index (χ3v) is 7.19. The highest BCUT2D eigenvalue weighted by Gasteiger charge is 2.41. The summed E-state index contributed by atoms with van der Waals surface area (Å²) in [6.45, 7) is 6.44. The minimum atomic E-state index is -3.58. The summed E-state index contributed by atoms with van der Waals surface area (Å²) in [7, 11) is -3.58. The van der Waals surface area contributed by atoms with E-state index in [0.29, 0.717) is 17.9 Å². The summed E-state index contributed by atoms with van der Waals surface area (Å²) in [4.78, 5) is 5.24. The molecule has 2 aliphatic rings. The molecule has 0 radical (unpaired) electrons. The Morgan fingerprint density at radius 1 is 1.11 bits per heavy atom. The molecule has 0 spiro atoms. The first-order valence-electron chi connectivity index (χ1n) is 9.27. The third-order valence-electron chi connectivity index (χ3n) is 5.27. The van der Waals surface area contributed by atoms with Crippen molar-refractivity contribution in [2.75, 3.05) is 6.54 Å². The van der Waals surface area contributed by atoms with Crippen LogP contribution in [0, 0.1) is 6.92 Å². The number of para-hydroxylation sites is 1. The van der Waals surface area contributed by atoms with Gasteiger partial charge in [0.2, 0.25) is 10.0 Å². The highest BCUT2D eigenvalue weighted by atomic mass is 32.2. The number of fused-ring (bicyclic) bond motifs is 2. The quantitative estimate of drug-likeness (QED) is 0.769. The van der Waals surface area contributed by atoms with E-state index in [2.05, 4.69) is 6.07 Å². The van der Waals surface area contributed by atoms with E-state index < -0.39 is 10.0 Å². The van der Waals surface area contributed by atoms with Gasteiger partial charge >= 0.3 is 0 Å². The van der Waals surface area contributed by atoms with Crippen molar-refractivity contribution >= 4 is 15.6 Å². The zero-order valence-electron chi connectivity index (χ0n) is 15.9. The van der Waals surface area contributed by atoms with Crippen LogP contribution < -0.4 is 10.6 Å². The Morgan fingerprint density at radius 3 is 2.52 bits per heavy atom. The third kappa shape index (κ3) is 3.15. The molecule has 2 unspecified atom stereocenters. The normalized spacial score (nSPS) is 22.0. The molecule has 0 bridgehead atoms. The Bertz CT molecular complexity index is 1130. The minimum Gasteiger partial charge on any atom is -0.275 e. The lowest BCUT2D eigenvalue weighted by molar-refractivity contribution is 0.324. The van der Waals surface area contributed by atoms with Crippen molar-refractivity contribution in [3.05, 3.63) is 76.3 Å². The maximum absolute atomic E-state index is 13.4. The molecular weight excluding hydrogens is 356 g/mol. The monoisotopic (exact) mass is 380 g/mol. The fraction of sp³-hybridized carbons (Fsp3) is 0.318. The first-order chi connectivity index (χ1) is 12.9. The van der Waals surface area contributed by atoms with E-state index in [1.807, 2.05) is 57.2 Å². The predicted molar refractivity (Wildman–Crippen MR) is 107 cm³/mol. The molecule has 2 aliphatic heterocycles. The molecule has 2 heterocycles. The van der Waals surface area contributed by atoms with E-state index in [-0.39, 0.29) is 12.1 Å². The lowest BCUT2D eigenvalue weighted by atomic mass is 9.92. The number of benzene rings is 2. The molecule has 2 aromatic rings. The molecule has 0 saturated carbocycles. The van der Waals surface area contributed by atoms with Gasteiger partial charge in [-0.2, -0.15) is 4.31 Å². The van der Waals surface area contributed by atoms with Gasteiger partial charge in [0.15, 0.2) is 0 Å². The van der Waals surface area contributed by atoms with Crippen molar-refractivity contribution in [2.24, 2.45) is 4.99 Å². The molecule has 2 atom stereocenters. The number of sulfonamides is 1. The first-order valence-corrected chi connectivity index (χ1v) is 10.7. The number of allylic oxidation sites excluding steroid dienone is 1. The Kier molecular flexibility index (Phi) is 4.52. The molecule has 4 rings (SSSR count). The van der Waals surface area contributed by atoms with E-state index in [4.69, 9.17) is 4.99 Å². The van der Waals surface area contributed by atoms with E-state index in [1.165, 1.54) is 10.8 Å². The maximum Gasteiger partial charge on any atom is 0.243 e. The van der Waals surface area contributed by atoms with Crippen molar-refractivity contribution in [1.29, 1.82) is 0 Å². The Hall–Kier alpha value is -2.24. The van der Waals surface area contributed by atoms with Gasteiger partial charge in [0.1, 0.15) is 0 Å². The highest BCUT2D eigenvalue weighted by molar-refractivity contribution is 7.89. The molecule has 0 aliphatic carbocycles. The molecule has 1 fully saturated rings. The smallest absolute Gasteiger partial charge is 0.243 e. The molecule has 4 nitrogen and oxygen atoms in total. The second kappa shape index (κ2) is 6.73. The van der Waals surface area contributed by atoms with Crippen LogP contribution in [0.15, 0.2) is 70.1 Å². The fourth-order valence-corrected chi connectivity index (χ4v) is 5.57. The summed E-state index contributed by atoms with van der Waals surface area (Å²) < 4.78 is 28.4. The number of nitrogens with zero attached hydrogens (tertiary/aromatic N) is 2. The van der Waals surface area contributed by atoms with E-state index >= 15 is 0 Å². The molecular formula is C22H24N2O2S. The number of hydrogen-bond acceptors (Lipinski definition) is 3. The van der Waals surface area contributed by atoms with Crippen LogP contribution in [0.4, 0.5) is 0 Å². The summed E-state index contributed by atoms with van der Waals surface area (Å²) >= 11 is 0. The van der Waals surface area contributed by atoms with Crippen LogP contribution >= 0.6 is 0 Å². The van der Waals surface area contributed by atoms with Gasteiger partial charge in [0, 0.05) is 11.8 Å².